The molecular formula is C29H34N4O4. The quantitative estimate of drug-likeness (QED) is 0.186. The van der Waals surface area contributed by atoms with Crippen molar-refractivity contribution < 1.29 is 20.1 Å². The third kappa shape index (κ3) is 6.95. The zero-order valence-electron chi connectivity index (χ0n) is 21.2. The second-order valence-corrected chi connectivity index (χ2v) is 9.91. The Bertz CT molecular complexity index is 1330. The molecule has 3 aromatic carbocycles. The van der Waals surface area contributed by atoms with Gasteiger partial charge in [0.1, 0.15) is 11.6 Å². The summed E-state index contributed by atoms with van der Waals surface area (Å²) in [4.78, 5) is 20.6. The van der Waals surface area contributed by atoms with E-state index in [-0.39, 0.29) is 23.8 Å². The van der Waals surface area contributed by atoms with Crippen LogP contribution >= 0.6 is 0 Å². The standard InChI is InChI=1S/C29H34N4O4/c1-29(2,31-17-26(36)20-10-11-25(35)22(15-20)18-34)16-19-6-5-7-21(14-19)28(37)30-13-12-27-32-23-8-3-4-9-24(23)33-27/h3-11,14-15,26,31,34-36H,12-13,16-18H2,1-2H3,(H,30,37)(H,32,33)/t26-/m1/s1. The van der Waals surface area contributed by atoms with Crippen molar-refractivity contribution in [1.82, 2.24) is 20.6 Å². The molecule has 1 amide bonds. The van der Waals surface area contributed by atoms with E-state index in [2.05, 4.69) is 20.6 Å². The monoisotopic (exact) mass is 502 g/mol. The number of hydrogen-bond donors (Lipinski definition) is 6. The molecule has 0 radical (unpaired) electrons. The Morgan fingerprint density at radius 1 is 1.08 bits per heavy atom. The van der Waals surface area contributed by atoms with Crippen LogP contribution in [-0.2, 0) is 19.4 Å². The lowest BCUT2D eigenvalue weighted by molar-refractivity contribution is 0.0954. The van der Waals surface area contributed by atoms with Gasteiger partial charge in [-0.1, -0.05) is 30.3 Å². The molecule has 1 atom stereocenters. The Balaban J connectivity index is 1.29. The van der Waals surface area contributed by atoms with Crippen molar-refractivity contribution in [3.63, 3.8) is 0 Å². The molecule has 0 saturated heterocycles. The SMILES string of the molecule is CC(C)(Cc1cccc(C(=O)NCCc2nc3ccccc3[nH]2)c1)NC[C@@H](O)c1ccc(O)c(CO)c1. The van der Waals surface area contributed by atoms with Crippen LogP contribution in [0.4, 0.5) is 0 Å². The van der Waals surface area contributed by atoms with Crippen LogP contribution in [0.5, 0.6) is 5.75 Å². The summed E-state index contributed by atoms with van der Waals surface area (Å²) in [7, 11) is 0. The van der Waals surface area contributed by atoms with Crippen molar-refractivity contribution in [1.29, 1.82) is 0 Å². The summed E-state index contributed by atoms with van der Waals surface area (Å²) < 4.78 is 0. The van der Waals surface area contributed by atoms with E-state index in [1.165, 1.54) is 6.07 Å². The predicted molar refractivity (Wildman–Crippen MR) is 143 cm³/mol. The number of fused-ring (bicyclic) bond motifs is 1. The van der Waals surface area contributed by atoms with Gasteiger partial charge in [-0.15, -0.1) is 0 Å². The number of aromatic amines is 1. The maximum absolute atomic E-state index is 12.7. The number of imidazole rings is 1. The molecule has 37 heavy (non-hydrogen) atoms. The van der Waals surface area contributed by atoms with E-state index >= 15 is 0 Å². The molecule has 6 N–H and O–H groups in total. The second kappa shape index (κ2) is 11.6. The smallest absolute Gasteiger partial charge is 0.251 e. The van der Waals surface area contributed by atoms with E-state index in [0.717, 1.165) is 22.4 Å². The number of aliphatic hydroxyl groups excluding tert-OH is 2. The summed E-state index contributed by atoms with van der Waals surface area (Å²) in [5.74, 6) is 0.710. The Hall–Kier alpha value is -3.72. The van der Waals surface area contributed by atoms with Crippen molar-refractivity contribution in [2.75, 3.05) is 13.1 Å². The van der Waals surface area contributed by atoms with Gasteiger partial charge >= 0.3 is 0 Å². The maximum atomic E-state index is 12.7. The van der Waals surface area contributed by atoms with Crippen LogP contribution in [0.3, 0.4) is 0 Å². The molecule has 0 spiro atoms. The van der Waals surface area contributed by atoms with E-state index < -0.39 is 6.10 Å². The van der Waals surface area contributed by atoms with Crippen LogP contribution in [0.25, 0.3) is 11.0 Å². The van der Waals surface area contributed by atoms with Crippen LogP contribution in [-0.4, -0.2) is 49.8 Å². The van der Waals surface area contributed by atoms with Crippen LogP contribution in [0, 0.1) is 0 Å². The minimum Gasteiger partial charge on any atom is -0.508 e. The van der Waals surface area contributed by atoms with Gasteiger partial charge in [0.05, 0.1) is 23.7 Å². The van der Waals surface area contributed by atoms with E-state index in [9.17, 15) is 20.1 Å². The summed E-state index contributed by atoms with van der Waals surface area (Å²) in [5.41, 5.74) is 4.14. The number of β-amino-alcohol motifs (C(OH)–C–C–N with tert-alkyl or cyclic N) is 1. The number of hydrogen-bond acceptors (Lipinski definition) is 6. The molecule has 0 bridgehead atoms. The number of rotatable bonds is 11. The van der Waals surface area contributed by atoms with Crippen molar-refractivity contribution in [2.45, 2.75) is 44.9 Å². The molecule has 0 aliphatic rings. The van der Waals surface area contributed by atoms with Crippen LogP contribution < -0.4 is 10.6 Å². The number of nitrogens with zero attached hydrogens (tertiary/aromatic N) is 1. The van der Waals surface area contributed by atoms with Crippen LogP contribution in [0.1, 0.15) is 52.8 Å². The van der Waals surface area contributed by atoms with Gasteiger partial charge in [0.2, 0.25) is 0 Å². The molecule has 194 valence electrons. The summed E-state index contributed by atoms with van der Waals surface area (Å²) in [6.07, 6.45) is 0.464. The summed E-state index contributed by atoms with van der Waals surface area (Å²) in [5, 5.41) is 36.0. The fraction of sp³-hybridized carbons (Fsp3) is 0.310. The van der Waals surface area contributed by atoms with Gasteiger partial charge in [0.15, 0.2) is 0 Å². The van der Waals surface area contributed by atoms with Gasteiger partial charge in [0, 0.05) is 36.2 Å². The highest BCUT2D eigenvalue weighted by Gasteiger charge is 2.21. The Morgan fingerprint density at radius 2 is 1.89 bits per heavy atom. The average Bonchev–Trinajstić information content (AvgIpc) is 3.30. The number of phenols is 1. The fourth-order valence-corrected chi connectivity index (χ4v) is 4.35. The van der Waals surface area contributed by atoms with Gasteiger partial charge in [-0.25, -0.2) is 4.98 Å². The molecular weight excluding hydrogens is 468 g/mol. The van der Waals surface area contributed by atoms with Crippen molar-refractivity contribution >= 4 is 16.9 Å². The van der Waals surface area contributed by atoms with E-state index in [4.69, 9.17) is 0 Å². The molecule has 0 fully saturated rings. The Morgan fingerprint density at radius 3 is 2.68 bits per heavy atom. The molecule has 1 aromatic heterocycles. The first-order valence-electron chi connectivity index (χ1n) is 12.4. The zero-order chi connectivity index (χ0) is 26.4. The normalized spacial score (nSPS) is 12.5. The molecule has 0 unspecified atom stereocenters. The topological polar surface area (TPSA) is 130 Å². The number of aromatic nitrogens is 2. The highest BCUT2D eigenvalue weighted by Crippen LogP contribution is 2.23. The lowest BCUT2D eigenvalue weighted by atomic mass is 9.93. The first-order valence-corrected chi connectivity index (χ1v) is 12.4. The highest BCUT2D eigenvalue weighted by molar-refractivity contribution is 5.94. The first kappa shape index (κ1) is 26.3. The number of aromatic hydroxyl groups is 1. The third-order valence-electron chi connectivity index (χ3n) is 6.35. The number of benzene rings is 3. The van der Waals surface area contributed by atoms with Crippen molar-refractivity contribution in [2.24, 2.45) is 0 Å². The molecule has 4 aromatic rings. The van der Waals surface area contributed by atoms with Gasteiger partial charge in [-0.3, -0.25) is 4.79 Å². The number of amides is 1. The number of nitrogens with one attached hydrogen (secondary N) is 3. The summed E-state index contributed by atoms with van der Waals surface area (Å²) >= 11 is 0. The first-order chi connectivity index (χ1) is 17.7. The Kier molecular flexibility index (Phi) is 8.23. The molecule has 8 nitrogen and oxygen atoms in total. The minimum atomic E-state index is -0.797. The maximum Gasteiger partial charge on any atom is 0.251 e. The van der Waals surface area contributed by atoms with Gasteiger partial charge < -0.3 is 30.9 Å². The lowest BCUT2D eigenvalue weighted by Crippen LogP contribution is -2.43. The van der Waals surface area contributed by atoms with Crippen LogP contribution in [0.15, 0.2) is 66.7 Å². The third-order valence-corrected chi connectivity index (χ3v) is 6.35. The zero-order valence-corrected chi connectivity index (χ0v) is 21.2. The molecule has 0 aliphatic heterocycles. The molecule has 1 heterocycles. The highest BCUT2D eigenvalue weighted by atomic mass is 16.3. The second-order valence-electron chi connectivity index (χ2n) is 9.91. The number of H-pyrrole nitrogens is 1. The van der Waals surface area contributed by atoms with Gasteiger partial charge in [-0.2, -0.15) is 0 Å². The molecule has 4 rings (SSSR count). The minimum absolute atomic E-state index is 0.00480. The summed E-state index contributed by atoms with van der Waals surface area (Å²) in [6, 6.07) is 20.1. The number of para-hydroxylation sites is 2. The van der Waals surface area contributed by atoms with E-state index in [1.807, 2.05) is 56.3 Å². The van der Waals surface area contributed by atoms with E-state index in [1.54, 1.807) is 18.2 Å². The van der Waals surface area contributed by atoms with Gasteiger partial charge in [0.25, 0.3) is 5.91 Å². The van der Waals surface area contributed by atoms with Crippen molar-refractivity contribution in [3.05, 3.63) is 94.8 Å². The molecule has 0 aliphatic carbocycles. The van der Waals surface area contributed by atoms with E-state index in [0.29, 0.717) is 42.6 Å². The summed E-state index contributed by atoms with van der Waals surface area (Å²) in [6.45, 7) is 4.55. The number of carbonyl (C=O) groups excluding carboxylic acids is 1. The van der Waals surface area contributed by atoms with Crippen molar-refractivity contribution in [3.8, 4) is 5.75 Å². The fourth-order valence-electron chi connectivity index (χ4n) is 4.35. The average molecular weight is 503 g/mol. The molecule has 8 heteroatoms. The largest absolute Gasteiger partial charge is 0.508 e. The Labute approximate surface area is 216 Å². The number of carbonyl (C=O) groups is 1. The van der Waals surface area contributed by atoms with Gasteiger partial charge in [-0.05, 0) is 67.8 Å². The molecule has 0 saturated carbocycles. The number of aliphatic hydroxyl groups is 2. The van der Waals surface area contributed by atoms with Crippen LogP contribution in [0.2, 0.25) is 0 Å². The lowest BCUT2D eigenvalue weighted by Gasteiger charge is -2.28. The predicted octanol–water partition coefficient (Wildman–Crippen LogP) is 3.38.